The van der Waals surface area contributed by atoms with Gasteiger partial charge in [0, 0.05) is 0 Å². The first-order valence-electron chi connectivity index (χ1n) is 9.06. The Bertz CT molecular complexity index is 899. The minimum atomic E-state index is -0.535. The molecule has 1 atom stereocenters. The fourth-order valence-electron chi connectivity index (χ4n) is 3.57. The lowest BCUT2D eigenvalue weighted by atomic mass is 10.1. The Morgan fingerprint density at radius 2 is 1.58 bits per heavy atom. The average molecular weight is 359 g/mol. The first kappa shape index (κ1) is 17.0. The summed E-state index contributed by atoms with van der Waals surface area (Å²) in [6, 6.07) is 22.3. The zero-order valence-electron chi connectivity index (χ0n) is 15.3. The van der Waals surface area contributed by atoms with Crippen molar-refractivity contribution in [2.24, 2.45) is 7.05 Å². The summed E-state index contributed by atoms with van der Waals surface area (Å²) in [5, 5.41) is 4.33. The summed E-state index contributed by atoms with van der Waals surface area (Å²) >= 11 is 0. The average Bonchev–Trinajstić information content (AvgIpc) is 3.33. The molecule has 26 heavy (non-hydrogen) atoms. The fraction of sp³-hybridized carbons (Fsp3) is 0.174. The van der Waals surface area contributed by atoms with E-state index >= 15 is 0 Å². The molecule has 0 saturated carbocycles. The number of benzene rings is 2. The molecular formula is C23H24N2P+. The molecule has 0 aliphatic heterocycles. The highest BCUT2D eigenvalue weighted by Gasteiger charge is 2.27. The second kappa shape index (κ2) is 7.43. The van der Waals surface area contributed by atoms with Crippen molar-refractivity contribution in [3.63, 3.8) is 0 Å². The second-order valence-corrected chi connectivity index (χ2v) is 8.91. The van der Waals surface area contributed by atoms with Gasteiger partial charge >= 0.3 is 0 Å². The Morgan fingerprint density at radius 1 is 0.962 bits per heavy atom. The van der Waals surface area contributed by atoms with Gasteiger partial charge in [0.25, 0.3) is 0 Å². The Hall–Kier alpha value is -2.44. The summed E-state index contributed by atoms with van der Waals surface area (Å²) in [4.78, 5) is 0. The van der Waals surface area contributed by atoms with Crippen molar-refractivity contribution in [2.45, 2.75) is 19.4 Å². The highest BCUT2D eigenvalue weighted by molar-refractivity contribution is 7.77. The molecule has 1 heterocycles. The number of hydrogen-bond donors (Lipinski definition) is 0. The Morgan fingerprint density at radius 3 is 2.12 bits per heavy atom. The highest BCUT2D eigenvalue weighted by Crippen LogP contribution is 2.50. The van der Waals surface area contributed by atoms with Crippen molar-refractivity contribution in [3.8, 4) is 0 Å². The number of aromatic nitrogens is 2. The molecular weight excluding hydrogens is 335 g/mol. The Kier molecular flexibility index (Phi) is 4.86. The predicted octanol–water partition coefficient (Wildman–Crippen LogP) is 4.22. The molecule has 0 unspecified atom stereocenters. The number of imidazole rings is 1. The van der Waals surface area contributed by atoms with Crippen LogP contribution in [0.25, 0.3) is 0 Å². The minimum absolute atomic E-state index is 0.360. The molecule has 4 rings (SSSR count). The van der Waals surface area contributed by atoms with Gasteiger partial charge in [0.1, 0.15) is 18.4 Å². The van der Waals surface area contributed by atoms with Crippen molar-refractivity contribution < 1.29 is 4.57 Å². The maximum Gasteiger partial charge on any atom is 0.244 e. The monoisotopic (exact) mass is 359 g/mol. The van der Waals surface area contributed by atoms with Gasteiger partial charge in [0.15, 0.2) is 0 Å². The lowest BCUT2D eigenvalue weighted by Crippen LogP contribution is -2.24. The van der Waals surface area contributed by atoms with Crippen LogP contribution in [0.5, 0.6) is 0 Å². The molecule has 0 amide bonds. The van der Waals surface area contributed by atoms with Gasteiger partial charge in [-0.15, -0.1) is 0 Å². The zero-order valence-corrected chi connectivity index (χ0v) is 16.2. The van der Waals surface area contributed by atoms with E-state index in [0.717, 1.165) is 6.42 Å². The Labute approximate surface area is 156 Å². The van der Waals surface area contributed by atoms with E-state index in [-0.39, 0.29) is 0 Å². The third kappa shape index (κ3) is 3.30. The van der Waals surface area contributed by atoms with Gasteiger partial charge in [-0.2, -0.15) is 0 Å². The normalized spacial score (nSPS) is 15.0. The minimum Gasteiger partial charge on any atom is -0.240 e. The van der Waals surface area contributed by atoms with Gasteiger partial charge < -0.3 is 0 Å². The zero-order chi connectivity index (χ0) is 17.9. The van der Waals surface area contributed by atoms with E-state index in [1.54, 1.807) is 0 Å². The third-order valence-electron chi connectivity index (χ3n) is 4.95. The number of allylic oxidation sites excluding steroid dienone is 4. The van der Waals surface area contributed by atoms with Crippen LogP contribution in [0.4, 0.5) is 0 Å². The standard InChI is InChI=1S/C23H24N2P/c1-19(25-17-16-24(2)18-25)22-14-9-15-23(22)26(20-10-5-3-6-11-20)21-12-7-4-8-13-21/h3-13,15-19H,14H2,1-2H3/q+1/t19-/m1/s1. The molecule has 1 aliphatic carbocycles. The molecule has 3 aromatic rings. The molecule has 0 fully saturated rings. The van der Waals surface area contributed by atoms with Crippen LogP contribution in [-0.4, -0.2) is 4.57 Å². The van der Waals surface area contributed by atoms with Gasteiger partial charge in [0.2, 0.25) is 6.33 Å². The van der Waals surface area contributed by atoms with Crippen LogP contribution in [0.3, 0.4) is 0 Å². The van der Waals surface area contributed by atoms with Crippen LogP contribution in [0, 0.1) is 0 Å². The number of rotatable bonds is 5. The molecule has 2 nitrogen and oxygen atoms in total. The second-order valence-electron chi connectivity index (χ2n) is 6.73. The van der Waals surface area contributed by atoms with Crippen LogP contribution in [0.1, 0.15) is 19.4 Å². The summed E-state index contributed by atoms with van der Waals surface area (Å²) in [5.74, 6) is 0. The topological polar surface area (TPSA) is 8.81 Å². The molecule has 0 N–H and O–H groups in total. The first-order chi connectivity index (χ1) is 12.7. The van der Waals surface area contributed by atoms with Crippen LogP contribution in [0.2, 0.25) is 0 Å². The van der Waals surface area contributed by atoms with E-state index in [0.29, 0.717) is 6.04 Å². The highest BCUT2D eigenvalue weighted by atomic mass is 31.1. The van der Waals surface area contributed by atoms with E-state index in [1.165, 1.54) is 21.5 Å². The molecule has 0 saturated heterocycles. The molecule has 2 aromatic carbocycles. The summed E-state index contributed by atoms with van der Waals surface area (Å²) in [7, 11) is 1.54. The quantitative estimate of drug-likeness (QED) is 0.476. The summed E-state index contributed by atoms with van der Waals surface area (Å²) in [6.07, 6.45) is 12.2. The smallest absolute Gasteiger partial charge is 0.240 e. The number of aryl methyl sites for hydroxylation is 1. The summed E-state index contributed by atoms with van der Waals surface area (Å²) in [6.45, 7) is 2.31. The van der Waals surface area contributed by atoms with E-state index in [4.69, 9.17) is 0 Å². The van der Waals surface area contributed by atoms with E-state index in [9.17, 15) is 0 Å². The van der Waals surface area contributed by atoms with Crippen molar-refractivity contribution in [3.05, 3.63) is 102 Å². The van der Waals surface area contributed by atoms with Crippen molar-refractivity contribution in [1.82, 2.24) is 4.57 Å². The predicted molar refractivity (Wildman–Crippen MR) is 110 cm³/mol. The maximum absolute atomic E-state index is 2.36. The third-order valence-corrected chi connectivity index (χ3v) is 7.50. The number of hydrogen-bond acceptors (Lipinski definition) is 0. The number of nitrogens with zero attached hydrogens (tertiary/aromatic N) is 2. The maximum atomic E-state index is 2.36. The lowest BCUT2D eigenvalue weighted by molar-refractivity contribution is -0.671. The summed E-state index contributed by atoms with van der Waals surface area (Å²) in [5.41, 5.74) is 1.53. The van der Waals surface area contributed by atoms with Gasteiger partial charge in [-0.1, -0.05) is 72.8 Å². The van der Waals surface area contributed by atoms with Gasteiger partial charge in [-0.3, -0.25) is 0 Å². The van der Waals surface area contributed by atoms with Crippen molar-refractivity contribution in [2.75, 3.05) is 0 Å². The van der Waals surface area contributed by atoms with E-state index in [1.807, 2.05) is 0 Å². The van der Waals surface area contributed by atoms with Crippen LogP contribution in [-0.2, 0) is 7.05 Å². The Balaban J connectivity index is 1.82. The van der Waals surface area contributed by atoms with Crippen LogP contribution < -0.4 is 15.2 Å². The molecule has 0 spiro atoms. The van der Waals surface area contributed by atoms with Gasteiger partial charge in [-0.05, 0) is 42.8 Å². The summed E-state index contributed by atoms with van der Waals surface area (Å²) < 4.78 is 4.42. The first-order valence-corrected chi connectivity index (χ1v) is 10.4. The molecule has 0 radical (unpaired) electrons. The molecule has 130 valence electrons. The SMILES string of the molecule is C[C@H](C1=C(P(c2ccccc2)c2ccccc2)C=CC1)n1cc[n+](C)c1. The van der Waals surface area contributed by atoms with Crippen LogP contribution in [0.15, 0.2) is 102 Å². The van der Waals surface area contributed by atoms with Crippen LogP contribution >= 0.6 is 7.92 Å². The fourth-order valence-corrected chi connectivity index (χ4v) is 6.19. The van der Waals surface area contributed by atoms with E-state index < -0.39 is 7.92 Å². The lowest BCUT2D eigenvalue weighted by Gasteiger charge is -2.23. The molecule has 1 aromatic heterocycles. The van der Waals surface area contributed by atoms with Crippen molar-refractivity contribution in [1.29, 1.82) is 0 Å². The largest absolute Gasteiger partial charge is 0.244 e. The van der Waals surface area contributed by atoms with E-state index in [2.05, 4.69) is 115 Å². The molecule has 1 aliphatic rings. The van der Waals surface area contributed by atoms with Gasteiger partial charge in [0.05, 0.1) is 7.05 Å². The van der Waals surface area contributed by atoms with Gasteiger partial charge in [-0.25, -0.2) is 9.13 Å². The van der Waals surface area contributed by atoms with Crippen molar-refractivity contribution >= 4 is 18.5 Å². The molecule has 0 bridgehead atoms. The molecule has 3 heteroatoms.